The van der Waals surface area contributed by atoms with E-state index in [2.05, 4.69) is 244 Å². The van der Waals surface area contributed by atoms with Crippen LogP contribution in [-0.4, -0.2) is 0 Å². The van der Waals surface area contributed by atoms with Gasteiger partial charge in [0.1, 0.15) is 0 Å². The first-order chi connectivity index (χ1) is 29.4. The second-order valence-corrected chi connectivity index (χ2v) is 16.5. The van der Waals surface area contributed by atoms with Gasteiger partial charge in [-0.05, 0) is 127 Å². The lowest BCUT2D eigenvalue weighted by atomic mass is 9.84. The summed E-state index contributed by atoms with van der Waals surface area (Å²) in [6.45, 7) is 9.34. The summed E-state index contributed by atoms with van der Waals surface area (Å²) in [7, 11) is 0. The quantitative estimate of drug-likeness (QED) is 0.128. The predicted molar refractivity (Wildman–Crippen MR) is 259 cm³/mol. The lowest BCUT2D eigenvalue weighted by Gasteiger charge is -2.31. The lowest BCUT2D eigenvalue weighted by Crippen LogP contribution is -2.13. The highest BCUT2D eigenvalue weighted by atomic mass is 15.1. The smallest absolute Gasteiger partial charge is 0.0543 e. The molecule has 10 aromatic rings. The van der Waals surface area contributed by atoms with Crippen molar-refractivity contribution in [3.63, 3.8) is 0 Å². The van der Waals surface area contributed by atoms with Crippen molar-refractivity contribution in [2.75, 3.05) is 9.80 Å². The van der Waals surface area contributed by atoms with Crippen molar-refractivity contribution >= 4 is 66.4 Å². The first-order valence-corrected chi connectivity index (χ1v) is 21.2. The van der Waals surface area contributed by atoms with Gasteiger partial charge in [0, 0.05) is 33.5 Å². The Bertz CT molecular complexity index is 2870. The third-order valence-corrected chi connectivity index (χ3v) is 12.1. The maximum atomic E-state index is 2.47. The topological polar surface area (TPSA) is 6.48 Å². The Morgan fingerprint density at radius 2 is 0.600 bits per heavy atom. The van der Waals surface area contributed by atoms with E-state index in [1.807, 2.05) is 0 Å². The van der Waals surface area contributed by atoms with Crippen molar-refractivity contribution in [2.45, 2.75) is 39.5 Å². The summed E-state index contributed by atoms with van der Waals surface area (Å²) in [5.41, 5.74) is 14.4. The van der Waals surface area contributed by atoms with Crippen LogP contribution in [0.25, 0.3) is 54.6 Å². The molecule has 0 aliphatic heterocycles. The Morgan fingerprint density at radius 1 is 0.283 bits per heavy atom. The summed E-state index contributed by atoms with van der Waals surface area (Å²) in [4.78, 5) is 4.94. The summed E-state index contributed by atoms with van der Waals surface area (Å²) in [6.07, 6.45) is 0. The van der Waals surface area contributed by atoms with Gasteiger partial charge in [0.15, 0.2) is 0 Å². The van der Waals surface area contributed by atoms with Gasteiger partial charge >= 0.3 is 0 Å². The summed E-state index contributed by atoms with van der Waals surface area (Å²) < 4.78 is 0. The molecule has 0 atom stereocenters. The highest BCUT2D eigenvalue weighted by molar-refractivity contribution is 6.29. The van der Waals surface area contributed by atoms with Crippen molar-refractivity contribution < 1.29 is 0 Å². The second kappa shape index (κ2) is 15.5. The van der Waals surface area contributed by atoms with E-state index < -0.39 is 0 Å². The van der Waals surface area contributed by atoms with Crippen LogP contribution in [0.15, 0.2) is 206 Å². The Morgan fingerprint density at radius 3 is 0.967 bits per heavy atom. The van der Waals surface area contributed by atoms with Crippen LogP contribution >= 0.6 is 0 Å². The van der Waals surface area contributed by atoms with Gasteiger partial charge in [0.25, 0.3) is 0 Å². The first-order valence-electron chi connectivity index (χ1n) is 21.2. The number of hydrogen-bond donors (Lipinski definition) is 0. The van der Waals surface area contributed by atoms with E-state index in [0.717, 1.165) is 22.7 Å². The fraction of sp³-hybridized carbons (Fsp3) is 0.103. The second-order valence-electron chi connectivity index (χ2n) is 16.5. The van der Waals surface area contributed by atoms with Gasteiger partial charge in [-0.1, -0.05) is 173 Å². The molecule has 0 radical (unpaired) electrons. The third-order valence-electron chi connectivity index (χ3n) is 12.1. The molecule has 10 rings (SSSR count). The molecule has 2 nitrogen and oxygen atoms in total. The van der Waals surface area contributed by atoms with Crippen molar-refractivity contribution in [2.24, 2.45) is 0 Å². The molecule has 10 aromatic carbocycles. The largest absolute Gasteiger partial charge is 0.310 e. The summed E-state index contributed by atoms with van der Waals surface area (Å²) in [6, 6.07) is 75.7. The third kappa shape index (κ3) is 6.55. The van der Waals surface area contributed by atoms with Gasteiger partial charge < -0.3 is 9.80 Å². The molecular weight excluding hydrogens is 725 g/mol. The van der Waals surface area contributed by atoms with Gasteiger partial charge in [0.05, 0.1) is 11.4 Å². The van der Waals surface area contributed by atoms with Crippen LogP contribution in [0.3, 0.4) is 0 Å². The fourth-order valence-corrected chi connectivity index (χ4v) is 9.25. The zero-order chi connectivity index (χ0) is 40.7. The minimum atomic E-state index is 0.298. The minimum Gasteiger partial charge on any atom is -0.310 e. The van der Waals surface area contributed by atoms with E-state index in [-0.39, 0.29) is 0 Å². The van der Waals surface area contributed by atoms with Crippen molar-refractivity contribution in [1.82, 2.24) is 0 Å². The zero-order valence-corrected chi connectivity index (χ0v) is 34.7. The van der Waals surface area contributed by atoms with E-state index >= 15 is 0 Å². The van der Waals surface area contributed by atoms with Crippen LogP contribution in [0.2, 0.25) is 0 Å². The van der Waals surface area contributed by atoms with Crippen LogP contribution in [0.5, 0.6) is 0 Å². The standard InChI is InChI=1S/C58H48N2/c1-39(2)53-37-55(59(45-25-13-7-14-26-45)47-29-17-23-43(35-47)41-19-9-5-10-20-41)51-34-32-50-54(40(3)4)38-56(52-33-31-49(53)57(51)58(50)52)60(46-27-15-8-16-28-46)48-30-18-24-44(36-48)42-21-11-6-12-22-42/h5-40H,1-4H3. The summed E-state index contributed by atoms with van der Waals surface area (Å²) in [5, 5.41) is 7.76. The highest BCUT2D eigenvalue weighted by Gasteiger charge is 2.26. The molecule has 0 saturated carbocycles. The van der Waals surface area contributed by atoms with E-state index in [1.54, 1.807) is 0 Å². The number of para-hydroxylation sites is 2. The Balaban J connectivity index is 1.28. The molecule has 290 valence electrons. The molecule has 0 aromatic heterocycles. The highest BCUT2D eigenvalue weighted by Crippen LogP contribution is 2.51. The number of nitrogens with zero attached hydrogens (tertiary/aromatic N) is 2. The number of anilines is 6. The van der Waals surface area contributed by atoms with E-state index in [1.165, 1.54) is 77.1 Å². The average Bonchev–Trinajstić information content (AvgIpc) is 3.30. The minimum absolute atomic E-state index is 0.298. The summed E-state index contributed by atoms with van der Waals surface area (Å²) >= 11 is 0. The predicted octanol–water partition coefficient (Wildman–Crippen LogP) is 17.1. The van der Waals surface area contributed by atoms with Gasteiger partial charge in [0.2, 0.25) is 0 Å². The molecule has 2 heteroatoms. The molecule has 60 heavy (non-hydrogen) atoms. The number of rotatable bonds is 10. The van der Waals surface area contributed by atoms with Gasteiger partial charge in [-0.25, -0.2) is 0 Å². The first kappa shape index (κ1) is 37.1. The van der Waals surface area contributed by atoms with Crippen molar-refractivity contribution in [3.05, 3.63) is 217 Å². The molecule has 0 unspecified atom stereocenters. The van der Waals surface area contributed by atoms with Crippen LogP contribution in [0, 0.1) is 0 Å². The van der Waals surface area contributed by atoms with E-state index in [0.29, 0.717) is 11.8 Å². The number of hydrogen-bond acceptors (Lipinski definition) is 2. The van der Waals surface area contributed by atoms with Crippen molar-refractivity contribution in [3.8, 4) is 22.3 Å². The van der Waals surface area contributed by atoms with Crippen LogP contribution in [0.1, 0.15) is 50.7 Å². The Kier molecular flexibility index (Phi) is 9.62. The van der Waals surface area contributed by atoms with E-state index in [4.69, 9.17) is 0 Å². The number of benzene rings is 10. The molecule has 0 saturated heterocycles. The molecular formula is C58H48N2. The molecule has 0 heterocycles. The molecule has 0 aliphatic carbocycles. The van der Waals surface area contributed by atoms with Crippen LogP contribution < -0.4 is 9.80 Å². The van der Waals surface area contributed by atoms with E-state index in [9.17, 15) is 0 Å². The maximum absolute atomic E-state index is 2.47. The monoisotopic (exact) mass is 772 g/mol. The van der Waals surface area contributed by atoms with Gasteiger partial charge in [-0.15, -0.1) is 0 Å². The molecule has 0 aliphatic rings. The Hall–Kier alpha value is -7.16. The Labute approximate surface area is 354 Å². The van der Waals surface area contributed by atoms with Gasteiger partial charge in [-0.3, -0.25) is 0 Å². The average molecular weight is 773 g/mol. The zero-order valence-electron chi connectivity index (χ0n) is 34.7. The molecule has 0 bridgehead atoms. The maximum Gasteiger partial charge on any atom is 0.0543 e. The van der Waals surface area contributed by atoms with Crippen LogP contribution in [0.4, 0.5) is 34.1 Å². The molecule has 0 spiro atoms. The van der Waals surface area contributed by atoms with Crippen molar-refractivity contribution in [1.29, 1.82) is 0 Å². The SMILES string of the molecule is CC(C)c1cc(N(c2ccccc2)c2cccc(-c3ccccc3)c2)c2ccc3c(C(C)C)cc(N(c4ccccc4)c4cccc(-c5ccccc5)c4)c4ccc1c2c34. The lowest BCUT2D eigenvalue weighted by molar-refractivity contribution is 0.875. The molecule has 0 amide bonds. The molecule has 0 fully saturated rings. The summed E-state index contributed by atoms with van der Waals surface area (Å²) in [5.74, 6) is 0.597. The normalized spacial score (nSPS) is 11.6. The fourth-order valence-electron chi connectivity index (χ4n) is 9.25. The molecule has 0 N–H and O–H groups in total. The van der Waals surface area contributed by atoms with Gasteiger partial charge in [-0.2, -0.15) is 0 Å². The van der Waals surface area contributed by atoms with Crippen LogP contribution in [-0.2, 0) is 0 Å².